The van der Waals surface area contributed by atoms with Crippen molar-refractivity contribution in [3.8, 4) is 0 Å². The average molecular weight is 244 g/mol. The zero-order valence-corrected chi connectivity index (χ0v) is 11.7. The third-order valence-electron chi connectivity index (χ3n) is 6.26. The van der Waals surface area contributed by atoms with Gasteiger partial charge in [-0.3, -0.25) is 0 Å². The van der Waals surface area contributed by atoms with Crippen LogP contribution in [0.2, 0.25) is 0 Å². The molecule has 2 aliphatic rings. The van der Waals surface area contributed by atoms with Crippen molar-refractivity contribution < 1.29 is 5.11 Å². The van der Waals surface area contributed by atoms with Crippen molar-refractivity contribution in [1.82, 2.24) is 0 Å². The first-order valence-corrected chi connectivity index (χ1v) is 7.19. The van der Waals surface area contributed by atoms with E-state index in [1.54, 1.807) is 0 Å². The van der Waals surface area contributed by atoms with Crippen molar-refractivity contribution in [3.63, 3.8) is 0 Å². The van der Waals surface area contributed by atoms with Crippen LogP contribution in [0.1, 0.15) is 39.2 Å². The van der Waals surface area contributed by atoms with Gasteiger partial charge in [-0.1, -0.05) is 51.1 Å². The Morgan fingerprint density at radius 1 is 1.17 bits per heavy atom. The van der Waals surface area contributed by atoms with E-state index in [1.807, 2.05) is 0 Å². The molecule has 1 aromatic rings. The minimum atomic E-state index is -0.133. The number of hydrogen-bond donors (Lipinski definition) is 1. The maximum atomic E-state index is 10.7. The second-order valence-electron chi connectivity index (χ2n) is 7.08. The molecular weight excluding hydrogens is 220 g/mol. The smallest absolute Gasteiger partial charge is 0.0633 e. The molecule has 2 fully saturated rings. The fourth-order valence-corrected chi connectivity index (χ4v) is 4.67. The molecule has 0 saturated heterocycles. The molecule has 18 heavy (non-hydrogen) atoms. The largest absolute Gasteiger partial charge is 0.392 e. The predicted molar refractivity (Wildman–Crippen MR) is 74.3 cm³/mol. The molecule has 1 nitrogen and oxygen atoms in total. The third kappa shape index (κ3) is 1.43. The molecule has 1 unspecified atom stereocenters. The molecule has 0 aromatic heterocycles. The Morgan fingerprint density at radius 2 is 1.83 bits per heavy atom. The quantitative estimate of drug-likeness (QED) is 0.841. The Morgan fingerprint density at radius 3 is 2.39 bits per heavy atom. The lowest BCUT2D eigenvalue weighted by Gasteiger charge is -2.37. The van der Waals surface area contributed by atoms with E-state index in [1.165, 1.54) is 18.4 Å². The SMILES string of the molecule is CC1(C)[C@@H]2CC[C@]1(C)[C@@H](O)C2Cc1ccccc1. The van der Waals surface area contributed by atoms with Gasteiger partial charge in [0.05, 0.1) is 6.10 Å². The molecule has 0 aliphatic heterocycles. The van der Waals surface area contributed by atoms with Crippen molar-refractivity contribution in [2.45, 2.75) is 46.1 Å². The number of fused-ring (bicyclic) bond motifs is 2. The summed E-state index contributed by atoms with van der Waals surface area (Å²) in [5.74, 6) is 1.12. The standard InChI is InChI=1S/C17H24O/c1-16(2)14-9-10-17(16,3)15(18)13(14)11-12-7-5-4-6-8-12/h4-8,13-15,18H,9-11H2,1-3H3/t13?,14-,15+,17-/m1/s1. The van der Waals surface area contributed by atoms with Crippen LogP contribution in [0, 0.1) is 22.7 Å². The molecule has 0 spiro atoms. The Balaban J connectivity index is 1.88. The van der Waals surface area contributed by atoms with Gasteiger partial charge in [-0.05, 0) is 47.5 Å². The van der Waals surface area contributed by atoms with Gasteiger partial charge >= 0.3 is 0 Å². The highest BCUT2D eigenvalue weighted by Crippen LogP contribution is 2.68. The Bertz CT molecular complexity index is 436. The molecule has 98 valence electrons. The molecule has 0 radical (unpaired) electrons. The summed E-state index contributed by atoms with van der Waals surface area (Å²) in [6.07, 6.45) is 3.38. The number of benzene rings is 1. The van der Waals surface area contributed by atoms with Crippen molar-refractivity contribution in [2.75, 3.05) is 0 Å². The van der Waals surface area contributed by atoms with E-state index in [0.29, 0.717) is 11.8 Å². The predicted octanol–water partition coefficient (Wildman–Crippen LogP) is 3.66. The first kappa shape index (κ1) is 12.2. The molecule has 1 aromatic carbocycles. The van der Waals surface area contributed by atoms with Crippen LogP contribution in [0.4, 0.5) is 0 Å². The van der Waals surface area contributed by atoms with E-state index in [0.717, 1.165) is 6.42 Å². The highest BCUT2D eigenvalue weighted by Gasteiger charge is 2.65. The molecular formula is C17H24O. The van der Waals surface area contributed by atoms with Crippen LogP contribution >= 0.6 is 0 Å². The maximum absolute atomic E-state index is 10.7. The van der Waals surface area contributed by atoms with Crippen molar-refractivity contribution >= 4 is 0 Å². The van der Waals surface area contributed by atoms with Gasteiger partial charge in [0.1, 0.15) is 0 Å². The molecule has 1 heteroatoms. The molecule has 0 heterocycles. The van der Waals surface area contributed by atoms with Crippen LogP contribution in [-0.4, -0.2) is 11.2 Å². The van der Waals surface area contributed by atoms with Gasteiger partial charge in [0.2, 0.25) is 0 Å². The fourth-order valence-electron chi connectivity index (χ4n) is 4.67. The summed E-state index contributed by atoms with van der Waals surface area (Å²) in [6, 6.07) is 10.6. The lowest BCUT2D eigenvalue weighted by molar-refractivity contribution is -0.0102. The zero-order valence-electron chi connectivity index (χ0n) is 11.7. The van der Waals surface area contributed by atoms with Crippen LogP contribution in [-0.2, 0) is 6.42 Å². The summed E-state index contributed by atoms with van der Waals surface area (Å²) in [5.41, 5.74) is 1.77. The summed E-state index contributed by atoms with van der Waals surface area (Å²) in [7, 11) is 0. The van der Waals surface area contributed by atoms with Crippen LogP contribution < -0.4 is 0 Å². The topological polar surface area (TPSA) is 20.2 Å². The van der Waals surface area contributed by atoms with Crippen LogP contribution in [0.5, 0.6) is 0 Å². The third-order valence-corrected chi connectivity index (χ3v) is 6.26. The second-order valence-corrected chi connectivity index (χ2v) is 7.08. The van der Waals surface area contributed by atoms with E-state index >= 15 is 0 Å². The first-order chi connectivity index (χ1) is 8.47. The minimum Gasteiger partial charge on any atom is -0.392 e. The van der Waals surface area contributed by atoms with Crippen LogP contribution in [0.15, 0.2) is 30.3 Å². The Labute approximate surface area is 110 Å². The zero-order chi connectivity index (χ0) is 13.0. The molecule has 1 N–H and O–H groups in total. The van der Waals surface area contributed by atoms with Crippen molar-refractivity contribution in [2.24, 2.45) is 22.7 Å². The van der Waals surface area contributed by atoms with Gasteiger partial charge in [-0.2, -0.15) is 0 Å². The highest BCUT2D eigenvalue weighted by molar-refractivity contribution is 5.20. The average Bonchev–Trinajstić information content (AvgIpc) is 2.65. The van der Waals surface area contributed by atoms with E-state index in [-0.39, 0.29) is 16.9 Å². The summed E-state index contributed by atoms with van der Waals surface area (Å²) in [4.78, 5) is 0. The first-order valence-electron chi connectivity index (χ1n) is 7.19. The maximum Gasteiger partial charge on any atom is 0.0633 e. The van der Waals surface area contributed by atoms with Gasteiger partial charge in [0.15, 0.2) is 0 Å². The summed E-state index contributed by atoms with van der Waals surface area (Å²) >= 11 is 0. The lowest BCUT2D eigenvalue weighted by atomic mass is 9.70. The molecule has 2 saturated carbocycles. The summed E-state index contributed by atoms with van der Waals surface area (Å²) in [5, 5.41) is 10.7. The van der Waals surface area contributed by atoms with Crippen molar-refractivity contribution in [3.05, 3.63) is 35.9 Å². The Kier molecular flexibility index (Phi) is 2.60. The Hall–Kier alpha value is -0.820. The summed E-state index contributed by atoms with van der Waals surface area (Å²) < 4.78 is 0. The normalized spacial score (nSPS) is 41.2. The second kappa shape index (κ2) is 3.84. The van der Waals surface area contributed by atoms with E-state index in [2.05, 4.69) is 51.1 Å². The number of hydrogen-bond acceptors (Lipinski definition) is 1. The van der Waals surface area contributed by atoms with Crippen LogP contribution in [0.3, 0.4) is 0 Å². The molecule has 2 aliphatic carbocycles. The van der Waals surface area contributed by atoms with E-state index < -0.39 is 0 Å². The molecule has 3 rings (SSSR count). The lowest BCUT2D eigenvalue weighted by Crippen LogP contribution is -2.38. The van der Waals surface area contributed by atoms with E-state index in [4.69, 9.17) is 0 Å². The monoisotopic (exact) mass is 244 g/mol. The van der Waals surface area contributed by atoms with Gasteiger partial charge < -0.3 is 5.11 Å². The molecule has 0 amide bonds. The summed E-state index contributed by atoms with van der Waals surface area (Å²) in [6.45, 7) is 7.01. The van der Waals surface area contributed by atoms with Gasteiger partial charge in [0, 0.05) is 0 Å². The van der Waals surface area contributed by atoms with E-state index in [9.17, 15) is 5.11 Å². The van der Waals surface area contributed by atoms with Crippen LogP contribution in [0.25, 0.3) is 0 Å². The number of aliphatic hydroxyl groups excluding tert-OH is 1. The van der Waals surface area contributed by atoms with Crippen molar-refractivity contribution in [1.29, 1.82) is 0 Å². The van der Waals surface area contributed by atoms with Gasteiger partial charge in [-0.25, -0.2) is 0 Å². The number of aliphatic hydroxyl groups is 1. The van der Waals surface area contributed by atoms with Gasteiger partial charge in [0.25, 0.3) is 0 Å². The number of rotatable bonds is 2. The minimum absolute atomic E-state index is 0.122. The fraction of sp³-hybridized carbons (Fsp3) is 0.647. The molecule has 2 bridgehead atoms. The van der Waals surface area contributed by atoms with Gasteiger partial charge in [-0.15, -0.1) is 0 Å². The molecule has 4 atom stereocenters. The highest BCUT2D eigenvalue weighted by atomic mass is 16.3.